The van der Waals surface area contributed by atoms with Crippen LogP contribution >= 0.6 is 0 Å². The van der Waals surface area contributed by atoms with Crippen LogP contribution in [0.1, 0.15) is 18.1 Å². The van der Waals surface area contributed by atoms with E-state index >= 15 is 0 Å². The molecule has 0 saturated heterocycles. The summed E-state index contributed by atoms with van der Waals surface area (Å²) < 4.78 is 0. The van der Waals surface area contributed by atoms with Gasteiger partial charge >= 0.3 is 0 Å². The molecule has 0 bridgehead atoms. The Kier molecular flexibility index (Phi) is 1.84. The molecule has 0 spiro atoms. The summed E-state index contributed by atoms with van der Waals surface area (Å²) in [6, 6.07) is 6.05. The summed E-state index contributed by atoms with van der Waals surface area (Å²) in [5, 5.41) is 0. The van der Waals surface area contributed by atoms with E-state index in [1.165, 1.54) is 0 Å². The van der Waals surface area contributed by atoms with Crippen LogP contribution < -0.4 is 4.89 Å². The molecule has 62 valence electrons. The monoisotopic (exact) mass is 162 g/mol. The Morgan fingerprint density at radius 3 is 3.17 bits per heavy atom. The van der Waals surface area contributed by atoms with E-state index in [1.807, 2.05) is 31.2 Å². The molecular formula is C10H10O2. The molecule has 0 N–H and O–H groups in total. The van der Waals surface area contributed by atoms with Crippen molar-refractivity contribution in [1.29, 1.82) is 0 Å². The van der Waals surface area contributed by atoms with Gasteiger partial charge in [0.15, 0.2) is 5.75 Å². The lowest BCUT2D eigenvalue weighted by molar-refractivity contribution is -0.194. The molecule has 0 amide bonds. The van der Waals surface area contributed by atoms with Crippen molar-refractivity contribution in [1.82, 2.24) is 0 Å². The van der Waals surface area contributed by atoms with Gasteiger partial charge in [-0.25, -0.2) is 0 Å². The number of benzene rings is 1. The fourth-order valence-electron chi connectivity index (χ4n) is 1.22. The van der Waals surface area contributed by atoms with Crippen LogP contribution in [0.25, 0.3) is 6.08 Å². The maximum Gasteiger partial charge on any atom is 0.171 e. The van der Waals surface area contributed by atoms with E-state index in [2.05, 4.69) is 6.07 Å². The molecule has 0 unspecified atom stereocenters. The van der Waals surface area contributed by atoms with Gasteiger partial charge in [-0.1, -0.05) is 24.3 Å². The average Bonchev–Trinajstić information content (AvgIpc) is 2.51. The maximum absolute atomic E-state index is 4.95. The van der Waals surface area contributed by atoms with Crippen molar-refractivity contribution < 1.29 is 9.78 Å². The Labute approximate surface area is 71.4 Å². The van der Waals surface area contributed by atoms with Gasteiger partial charge in [0.1, 0.15) is 6.61 Å². The Morgan fingerprint density at radius 1 is 1.42 bits per heavy atom. The van der Waals surface area contributed by atoms with Gasteiger partial charge in [-0.3, -0.25) is 0 Å². The summed E-state index contributed by atoms with van der Waals surface area (Å²) in [6.07, 6.45) is 4.03. The first kappa shape index (κ1) is 7.37. The number of fused-ring (bicyclic) bond motifs is 1. The summed E-state index contributed by atoms with van der Waals surface area (Å²) in [4.78, 5) is 9.78. The van der Waals surface area contributed by atoms with Gasteiger partial charge in [0.25, 0.3) is 0 Å². The zero-order valence-electron chi connectivity index (χ0n) is 6.91. The smallest absolute Gasteiger partial charge is 0.171 e. The van der Waals surface area contributed by atoms with Crippen LogP contribution in [-0.4, -0.2) is 0 Å². The molecule has 0 aliphatic carbocycles. The predicted octanol–water partition coefficient (Wildman–Crippen LogP) is 2.54. The first-order valence-electron chi connectivity index (χ1n) is 3.95. The first-order valence-corrected chi connectivity index (χ1v) is 3.95. The zero-order valence-corrected chi connectivity index (χ0v) is 6.91. The predicted molar refractivity (Wildman–Crippen MR) is 46.6 cm³/mol. The quantitative estimate of drug-likeness (QED) is 0.591. The lowest BCUT2D eigenvalue weighted by Crippen LogP contribution is -1.81. The highest BCUT2D eigenvalue weighted by Gasteiger charge is 2.12. The lowest BCUT2D eigenvalue weighted by atomic mass is 10.1. The van der Waals surface area contributed by atoms with Crippen LogP contribution in [0.2, 0.25) is 0 Å². The minimum absolute atomic E-state index is 0.561. The highest BCUT2D eigenvalue weighted by molar-refractivity contribution is 5.53. The molecule has 0 fully saturated rings. The van der Waals surface area contributed by atoms with Crippen molar-refractivity contribution in [2.75, 3.05) is 0 Å². The van der Waals surface area contributed by atoms with E-state index in [0.29, 0.717) is 6.61 Å². The highest BCUT2D eigenvalue weighted by atomic mass is 17.2. The van der Waals surface area contributed by atoms with E-state index in [4.69, 9.17) is 9.78 Å². The highest BCUT2D eigenvalue weighted by Crippen LogP contribution is 2.27. The van der Waals surface area contributed by atoms with Crippen LogP contribution in [0.3, 0.4) is 0 Å². The number of hydrogen-bond acceptors (Lipinski definition) is 2. The Balaban J connectivity index is 2.38. The summed E-state index contributed by atoms with van der Waals surface area (Å²) >= 11 is 0. The second-order valence-corrected chi connectivity index (χ2v) is 2.71. The lowest BCUT2D eigenvalue weighted by Gasteiger charge is -1.96. The van der Waals surface area contributed by atoms with Crippen molar-refractivity contribution in [2.24, 2.45) is 0 Å². The standard InChI is InChI=1S/C10H10O2/c1-2-3-8-4-5-9-7-11-12-10(9)6-8/h2-6H,7H2,1H3/b3-2-. The zero-order chi connectivity index (χ0) is 8.39. The van der Waals surface area contributed by atoms with Crippen LogP contribution in [0.15, 0.2) is 24.3 Å². The van der Waals surface area contributed by atoms with E-state index in [-0.39, 0.29) is 0 Å². The van der Waals surface area contributed by atoms with Gasteiger partial charge in [0.2, 0.25) is 0 Å². The number of allylic oxidation sites excluding steroid dienone is 1. The normalized spacial score (nSPS) is 14.8. The molecule has 2 nitrogen and oxygen atoms in total. The second kappa shape index (κ2) is 2.99. The first-order chi connectivity index (χ1) is 5.90. The molecule has 1 aliphatic rings. The third kappa shape index (κ3) is 1.21. The van der Waals surface area contributed by atoms with Crippen LogP contribution in [0, 0.1) is 0 Å². The molecular weight excluding hydrogens is 152 g/mol. The molecule has 0 radical (unpaired) electrons. The topological polar surface area (TPSA) is 18.5 Å². The molecule has 1 aromatic rings. The van der Waals surface area contributed by atoms with Gasteiger partial charge in [0.05, 0.1) is 0 Å². The molecule has 0 saturated carbocycles. The van der Waals surface area contributed by atoms with E-state index in [1.54, 1.807) is 0 Å². The largest absolute Gasteiger partial charge is 0.337 e. The van der Waals surface area contributed by atoms with Gasteiger partial charge in [-0.2, -0.15) is 4.89 Å². The number of rotatable bonds is 1. The van der Waals surface area contributed by atoms with Crippen LogP contribution in [0.4, 0.5) is 0 Å². The van der Waals surface area contributed by atoms with E-state index in [9.17, 15) is 0 Å². The van der Waals surface area contributed by atoms with E-state index < -0.39 is 0 Å². The van der Waals surface area contributed by atoms with E-state index in [0.717, 1.165) is 16.9 Å². The van der Waals surface area contributed by atoms with Gasteiger partial charge in [-0.05, 0) is 18.6 Å². The minimum atomic E-state index is 0.561. The van der Waals surface area contributed by atoms with Gasteiger partial charge < -0.3 is 4.89 Å². The Hall–Kier alpha value is -1.28. The minimum Gasteiger partial charge on any atom is -0.337 e. The molecule has 0 atom stereocenters. The van der Waals surface area contributed by atoms with Crippen molar-refractivity contribution in [3.8, 4) is 5.75 Å². The summed E-state index contributed by atoms with van der Waals surface area (Å²) in [5.74, 6) is 0.839. The van der Waals surface area contributed by atoms with Crippen LogP contribution in [-0.2, 0) is 11.5 Å². The van der Waals surface area contributed by atoms with Gasteiger partial charge in [-0.15, -0.1) is 0 Å². The van der Waals surface area contributed by atoms with Crippen molar-refractivity contribution in [3.63, 3.8) is 0 Å². The maximum atomic E-state index is 4.95. The third-order valence-corrected chi connectivity index (χ3v) is 1.81. The Bertz CT molecular complexity index is 316. The number of hydrogen-bond donors (Lipinski definition) is 0. The second-order valence-electron chi connectivity index (χ2n) is 2.71. The molecule has 12 heavy (non-hydrogen) atoms. The van der Waals surface area contributed by atoms with Crippen molar-refractivity contribution >= 4 is 6.08 Å². The van der Waals surface area contributed by atoms with Gasteiger partial charge in [0, 0.05) is 5.56 Å². The van der Waals surface area contributed by atoms with Crippen molar-refractivity contribution in [3.05, 3.63) is 35.4 Å². The summed E-state index contributed by atoms with van der Waals surface area (Å²) in [5.41, 5.74) is 2.25. The van der Waals surface area contributed by atoms with Crippen molar-refractivity contribution in [2.45, 2.75) is 13.5 Å². The average molecular weight is 162 g/mol. The molecule has 0 aromatic heterocycles. The molecule has 1 aromatic carbocycles. The SMILES string of the molecule is C/C=C\c1ccc2c(c1)OOC2. The fourth-order valence-corrected chi connectivity index (χ4v) is 1.22. The molecule has 2 heteroatoms. The molecule has 1 heterocycles. The Morgan fingerprint density at radius 2 is 2.33 bits per heavy atom. The summed E-state index contributed by atoms with van der Waals surface area (Å²) in [6.45, 7) is 2.55. The molecule has 2 rings (SSSR count). The molecule has 1 aliphatic heterocycles. The third-order valence-electron chi connectivity index (χ3n) is 1.81. The van der Waals surface area contributed by atoms with Crippen LogP contribution in [0.5, 0.6) is 5.75 Å². The fraction of sp³-hybridized carbons (Fsp3) is 0.200. The summed E-state index contributed by atoms with van der Waals surface area (Å²) in [7, 11) is 0.